The van der Waals surface area contributed by atoms with E-state index >= 15 is 0 Å². The summed E-state index contributed by atoms with van der Waals surface area (Å²) in [6, 6.07) is 3.07. The molecule has 9 heteroatoms. The number of aryl methyl sites for hydroxylation is 1. The van der Waals surface area contributed by atoms with E-state index in [4.69, 9.17) is 4.52 Å². The van der Waals surface area contributed by atoms with Crippen molar-refractivity contribution < 1.29 is 12.9 Å². The maximum Gasteiger partial charge on any atom is 0.323 e. The summed E-state index contributed by atoms with van der Waals surface area (Å²) in [7, 11) is -3.75. The van der Waals surface area contributed by atoms with Gasteiger partial charge in [-0.3, -0.25) is 0 Å². The summed E-state index contributed by atoms with van der Waals surface area (Å²) in [4.78, 5) is 16.6. The van der Waals surface area contributed by atoms with Gasteiger partial charge >= 0.3 is 5.69 Å². The first kappa shape index (κ1) is 16.5. The molecule has 3 aromatic rings. The molecule has 0 bridgehead atoms. The molecule has 0 amide bonds. The van der Waals surface area contributed by atoms with E-state index in [-0.39, 0.29) is 23.0 Å². The van der Waals surface area contributed by atoms with E-state index in [2.05, 4.69) is 19.8 Å². The van der Waals surface area contributed by atoms with E-state index in [0.29, 0.717) is 22.2 Å². The summed E-state index contributed by atoms with van der Waals surface area (Å²) in [5, 5.41) is 3.90. The van der Waals surface area contributed by atoms with Crippen LogP contribution in [0.5, 0.6) is 0 Å². The monoisotopic (exact) mass is 350 g/mol. The van der Waals surface area contributed by atoms with Gasteiger partial charge in [0.25, 0.3) is 0 Å². The fourth-order valence-electron chi connectivity index (χ4n) is 2.58. The van der Waals surface area contributed by atoms with Crippen molar-refractivity contribution in [1.82, 2.24) is 19.8 Å². The van der Waals surface area contributed by atoms with Crippen molar-refractivity contribution in [2.45, 2.75) is 38.1 Å². The van der Waals surface area contributed by atoms with E-state index < -0.39 is 10.0 Å². The van der Waals surface area contributed by atoms with Gasteiger partial charge in [0, 0.05) is 12.1 Å². The summed E-state index contributed by atoms with van der Waals surface area (Å²) >= 11 is 0. The number of hydrogen-bond acceptors (Lipinski definition) is 5. The van der Waals surface area contributed by atoms with E-state index in [1.54, 1.807) is 13.0 Å². The minimum Gasteiger partial charge on any atom is -0.364 e. The van der Waals surface area contributed by atoms with Crippen LogP contribution in [-0.2, 0) is 16.6 Å². The van der Waals surface area contributed by atoms with Crippen LogP contribution in [0.25, 0.3) is 11.0 Å². The molecule has 2 heterocycles. The largest absolute Gasteiger partial charge is 0.364 e. The summed E-state index contributed by atoms with van der Waals surface area (Å²) < 4.78 is 32.7. The van der Waals surface area contributed by atoms with Gasteiger partial charge in [0.05, 0.1) is 21.6 Å². The molecule has 0 fully saturated rings. The van der Waals surface area contributed by atoms with Crippen molar-refractivity contribution in [2.24, 2.45) is 0 Å². The Hall–Kier alpha value is -2.39. The van der Waals surface area contributed by atoms with Crippen molar-refractivity contribution in [2.75, 3.05) is 0 Å². The van der Waals surface area contributed by atoms with Gasteiger partial charge < -0.3 is 14.5 Å². The lowest BCUT2D eigenvalue weighted by atomic mass is 10.1. The van der Waals surface area contributed by atoms with Crippen LogP contribution in [-0.4, -0.2) is 23.5 Å². The molecule has 0 spiro atoms. The fourth-order valence-corrected chi connectivity index (χ4v) is 3.84. The van der Waals surface area contributed by atoms with Crippen LogP contribution >= 0.6 is 0 Å². The molecule has 24 heavy (non-hydrogen) atoms. The average molecular weight is 350 g/mol. The molecule has 0 unspecified atom stereocenters. The Kier molecular flexibility index (Phi) is 4.06. The van der Waals surface area contributed by atoms with Gasteiger partial charge in [-0.25, -0.2) is 17.9 Å². The van der Waals surface area contributed by atoms with Gasteiger partial charge in [-0.2, -0.15) is 0 Å². The van der Waals surface area contributed by atoms with E-state index in [1.807, 2.05) is 13.8 Å². The molecule has 1 aromatic carbocycles. The minimum absolute atomic E-state index is 0.0838. The number of H-pyrrole nitrogens is 2. The number of fused-ring (bicyclic) bond motifs is 1. The first-order valence-corrected chi connectivity index (χ1v) is 8.91. The highest BCUT2D eigenvalue weighted by Gasteiger charge is 2.20. The van der Waals surface area contributed by atoms with Gasteiger partial charge in [-0.05, 0) is 30.5 Å². The highest BCUT2D eigenvalue weighted by atomic mass is 32.2. The maximum atomic E-state index is 12.6. The van der Waals surface area contributed by atoms with Crippen LogP contribution in [0, 0.1) is 6.92 Å². The second-order valence-corrected chi connectivity index (χ2v) is 7.68. The molecular weight excluding hydrogens is 332 g/mol. The third-order valence-corrected chi connectivity index (χ3v) is 5.32. The molecule has 8 nitrogen and oxygen atoms in total. The first-order chi connectivity index (χ1) is 11.3. The molecule has 128 valence electrons. The van der Waals surface area contributed by atoms with Crippen LogP contribution in [0.15, 0.2) is 32.6 Å². The number of aromatic nitrogens is 3. The Bertz CT molecular complexity index is 1040. The third kappa shape index (κ3) is 3.00. The number of benzene rings is 1. The summed E-state index contributed by atoms with van der Waals surface area (Å²) in [5.41, 5.74) is 2.59. The van der Waals surface area contributed by atoms with Crippen molar-refractivity contribution in [3.05, 3.63) is 45.7 Å². The minimum atomic E-state index is -3.75. The van der Waals surface area contributed by atoms with Gasteiger partial charge in [0.15, 0.2) is 0 Å². The average Bonchev–Trinajstić information content (AvgIpc) is 3.09. The zero-order valence-electron chi connectivity index (χ0n) is 13.5. The first-order valence-electron chi connectivity index (χ1n) is 7.43. The van der Waals surface area contributed by atoms with Crippen molar-refractivity contribution in [3.63, 3.8) is 0 Å². The molecule has 0 aliphatic heterocycles. The predicted octanol–water partition coefficient (Wildman–Crippen LogP) is 1.75. The fraction of sp³-hybridized carbons (Fsp3) is 0.333. The molecule has 0 saturated heterocycles. The highest BCUT2D eigenvalue weighted by molar-refractivity contribution is 7.89. The SMILES string of the molecule is Cc1cc2[nH]c(=O)[nH]c2cc1S(=O)(=O)NCc1conc1C(C)C. The quantitative estimate of drug-likeness (QED) is 0.647. The lowest BCUT2D eigenvalue weighted by molar-refractivity contribution is 0.408. The maximum absolute atomic E-state index is 12.6. The molecular formula is C15H18N4O4S. The summed E-state index contributed by atoms with van der Waals surface area (Å²) in [6.45, 7) is 5.67. The molecule has 3 rings (SSSR count). The molecule has 2 aromatic heterocycles. The topological polar surface area (TPSA) is 121 Å². The van der Waals surface area contributed by atoms with Gasteiger partial charge in [0.1, 0.15) is 6.26 Å². The summed E-state index contributed by atoms with van der Waals surface area (Å²) in [5.74, 6) is 0.131. The molecule has 0 saturated carbocycles. The standard InChI is InChI=1S/C15H18N4O4S/c1-8(2)14-10(7-23-19-14)6-16-24(21,22)13-5-12-11(4-9(13)3)17-15(20)18-12/h4-5,7-8,16H,6H2,1-3H3,(H2,17,18,20). The van der Waals surface area contributed by atoms with Crippen molar-refractivity contribution >= 4 is 21.1 Å². The lowest BCUT2D eigenvalue weighted by Gasteiger charge is -2.10. The third-order valence-electron chi connectivity index (χ3n) is 3.78. The Morgan fingerprint density at radius 2 is 1.92 bits per heavy atom. The zero-order chi connectivity index (χ0) is 17.5. The second kappa shape index (κ2) is 5.91. The van der Waals surface area contributed by atoms with E-state index in [0.717, 1.165) is 5.69 Å². The van der Waals surface area contributed by atoms with E-state index in [9.17, 15) is 13.2 Å². The Morgan fingerprint density at radius 1 is 1.25 bits per heavy atom. The number of aromatic amines is 2. The smallest absolute Gasteiger partial charge is 0.323 e. The number of rotatable bonds is 5. The van der Waals surface area contributed by atoms with Gasteiger partial charge in [-0.15, -0.1) is 0 Å². The van der Waals surface area contributed by atoms with Gasteiger partial charge in [-0.1, -0.05) is 19.0 Å². The molecule has 0 atom stereocenters. The zero-order valence-corrected chi connectivity index (χ0v) is 14.3. The van der Waals surface area contributed by atoms with Gasteiger partial charge in [0.2, 0.25) is 10.0 Å². The number of nitrogens with one attached hydrogen (secondary N) is 3. The second-order valence-electron chi connectivity index (χ2n) is 5.95. The molecule has 0 aliphatic carbocycles. The van der Waals surface area contributed by atoms with Crippen molar-refractivity contribution in [1.29, 1.82) is 0 Å². The number of nitrogens with zero attached hydrogens (tertiary/aromatic N) is 1. The highest BCUT2D eigenvalue weighted by Crippen LogP contribution is 2.22. The predicted molar refractivity (Wildman–Crippen MR) is 88.3 cm³/mol. The van der Waals surface area contributed by atoms with Crippen LogP contribution < -0.4 is 10.4 Å². The normalized spacial score (nSPS) is 12.3. The Morgan fingerprint density at radius 3 is 2.58 bits per heavy atom. The molecule has 0 radical (unpaired) electrons. The number of sulfonamides is 1. The number of imidazole rings is 1. The molecule has 0 aliphatic rings. The Balaban J connectivity index is 1.91. The Labute approximate surface area is 138 Å². The lowest BCUT2D eigenvalue weighted by Crippen LogP contribution is -2.24. The van der Waals surface area contributed by atoms with Crippen LogP contribution in [0.2, 0.25) is 0 Å². The van der Waals surface area contributed by atoms with Crippen LogP contribution in [0.1, 0.15) is 36.6 Å². The van der Waals surface area contributed by atoms with Crippen molar-refractivity contribution in [3.8, 4) is 0 Å². The van der Waals surface area contributed by atoms with Crippen LogP contribution in [0.4, 0.5) is 0 Å². The molecule has 3 N–H and O–H groups in total. The number of hydrogen-bond donors (Lipinski definition) is 3. The summed E-state index contributed by atoms with van der Waals surface area (Å²) in [6.07, 6.45) is 1.44. The van der Waals surface area contributed by atoms with Crippen LogP contribution in [0.3, 0.4) is 0 Å². The van der Waals surface area contributed by atoms with E-state index in [1.165, 1.54) is 12.3 Å².